The average Bonchev–Trinajstić information content (AvgIpc) is 2.68. The molecule has 144 valence electrons. The third-order valence-corrected chi connectivity index (χ3v) is 4.85. The first kappa shape index (κ1) is 19.3. The SMILES string of the molecule is CCOC(=O)c1ncnc(NC[C@@H]2CCC[C@H](c3ccc(C)cc3)O2)c1C. The number of anilines is 1. The van der Waals surface area contributed by atoms with Gasteiger partial charge in [0.2, 0.25) is 0 Å². The van der Waals surface area contributed by atoms with Crippen LogP contribution in [0.4, 0.5) is 5.82 Å². The van der Waals surface area contributed by atoms with Gasteiger partial charge in [0, 0.05) is 12.1 Å². The van der Waals surface area contributed by atoms with E-state index in [-0.39, 0.29) is 12.2 Å². The van der Waals surface area contributed by atoms with Crippen molar-refractivity contribution in [1.29, 1.82) is 0 Å². The molecule has 0 amide bonds. The number of carbonyl (C=O) groups is 1. The third kappa shape index (κ3) is 4.83. The lowest BCUT2D eigenvalue weighted by atomic mass is 9.97. The lowest BCUT2D eigenvalue weighted by Crippen LogP contribution is -2.29. The van der Waals surface area contributed by atoms with Gasteiger partial charge in [0.25, 0.3) is 0 Å². The van der Waals surface area contributed by atoms with Crippen molar-refractivity contribution in [3.63, 3.8) is 0 Å². The van der Waals surface area contributed by atoms with Crippen molar-refractivity contribution in [2.45, 2.75) is 52.2 Å². The van der Waals surface area contributed by atoms with Gasteiger partial charge in [-0.25, -0.2) is 14.8 Å². The Labute approximate surface area is 160 Å². The van der Waals surface area contributed by atoms with Crippen molar-refractivity contribution in [2.75, 3.05) is 18.5 Å². The number of carbonyl (C=O) groups excluding carboxylic acids is 1. The average molecular weight is 369 g/mol. The Hall–Kier alpha value is -2.47. The normalized spacial score (nSPS) is 19.5. The van der Waals surface area contributed by atoms with Crippen LogP contribution in [0.1, 0.15) is 59.5 Å². The number of rotatable bonds is 6. The van der Waals surface area contributed by atoms with Gasteiger partial charge in [-0.3, -0.25) is 0 Å². The van der Waals surface area contributed by atoms with Gasteiger partial charge in [-0.05, 0) is 45.6 Å². The zero-order valence-electron chi connectivity index (χ0n) is 16.2. The molecule has 1 aliphatic rings. The van der Waals surface area contributed by atoms with Gasteiger partial charge >= 0.3 is 5.97 Å². The van der Waals surface area contributed by atoms with Crippen molar-refractivity contribution in [1.82, 2.24) is 9.97 Å². The summed E-state index contributed by atoms with van der Waals surface area (Å²) in [5.41, 5.74) is 3.48. The second-order valence-electron chi connectivity index (χ2n) is 6.89. The molecule has 6 heteroatoms. The molecular weight excluding hydrogens is 342 g/mol. The Morgan fingerprint density at radius 1 is 1.22 bits per heavy atom. The van der Waals surface area contributed by atoms with Crippen LogP contribution in [0.3, 0.4) is 0 Å². The number of esters is 1. The van der Waals surface area contributed by atoms with E-state index < -0.39 is 5.97 Å². The molecular formula is C21H27N3O3. The highest BCUT2D eigenvalue weighted by atomic mass is 16.5. The summed E-state index contributed by atoms with van der Waals surface area (Å²) < 4.78 is 11.3. The quantitative estimate of drug-likeness (QED) is 0.776. The van der Waals surface area contributed by atoms with Crippen molar-refractivity contribution < 1.29 is 14.3 Å². The number of aromatic nitrogens is 2. The summed E-state index contributed by atoms with van der Waals surface area (Å²) in [5.74, 6) is 0.225. The highest BCUT2D eigenvalue weighted by Crippen LogP contribution is 2.31. The van der Waals surface area contributed by atoms with Crippen molar-refractivity contribution in [3.8, 4) is 0 Å². The Kier molecular flexibility index (Phi) is 6.40. The third-order valence-electron chi connectivity index (χ3n) is 4.85. The molecule has 0 unspecified atom stereocenters. The first-order valence-electron chi connectivity index (χ1n) is 9.53. The number of nitrogens with one attached hydrogen (secondary N) is 1. The number of benzene rings is 1. The predicted molar refractivity (Wildman–Crippen MR) is 104 cm³/mol. The monoisotopic (exact) mass is 369 g/mol. The molecule has 2 heterocycles. The maximum atomic E-state index is 12.0. The number of nitrogens with zero attached hydrogens (tertiary/aromatic N) is 2. The van der Waals surface area contributed by atoms with E-state index in [1.54, 1.807) is 6.92 Å². The fourth-order valence-corrected chi connectivity index (χ4v) is 3.32. The second-order valence-corrected chi connectivity index (χ2v) is 6.89. The molecule has 1 fully saturated rings. The van der Waals surface area contributed by atoms with Gasteiger partial charge in [-0.15, -0.1) is 0 Å². The highest BCUT2D eigenvalue weighted by Gasteiger charge is 2.24. The maximum Gasteiger partial charge on any atom is 0.357 e. The molecule has 27 heavy (non-hydrogen) atoms. The number of aryl methyl sites for hydroxylation is 1. The summed E-state index contributed by atoms with van der Waals surface area (Å²) >= 11 is 0. The molecule has 1 saturated heterocycles. The molecule has 0 radical (unpaired) electrons. The van der Waals surface area contributed by atoms with Crippen molar-refractivity contribution in [3.05, 3.63) is 53.0 Å². The van der Waals surface area contributed by atoms with E-state index in [2.05, 4.69) is 46.5 Å². The Bertz CT molecular complexity index is 777. The minimum atomic E-state index is -0.422. The predicted octanol–water partition coefficient (Wildman–Crippen LogP) is 3.99. The molecule has 2 atom stereocenters. The zero-order valence-corrected chi connectivity index (χ0v) is 16.2. The zero-order chi connectivity index (χ0) is 19.2. The van der Waals surface area contributed by atoms with Gasteiger partial charge in [0.05, 0.1) is 18.8 Å². The largest absolute Gasteiger partial charge is 0.461 e. The van der Waals surface area contributed by atoms with Gasteiger partial charge < -0.3 is 14.8 Å². The van der Waals surface area contributed by atoms with Crippen LogP contribution in [-0.2, 0) is 9.47 Å². The fourth-order valence-electron chi connectivity index (χ4n) is 3.32. The summed E-state index contributed by atoms with van der Waals surface area (Å²) in [7, 11) is 0. The maximum absolute atomic E-state index is 12.0. The molecule has 1 aromatic heterocycles. The summed E-state index contributed by atoms with van der Waals surface area (Å²) in [6.07, 6.45) is 4.79. The lowest BCUT2D eigenvalue weighted by molar-refractivity contribution is -0.0442. The summed E-state index contributed by atoms with van der Waals surface area (Å²) in [4.78, 5) is 20.3. The molecule has 6 nitrogen and oxygen atoms in total. The van der Waals surface area contributed by atoms with Crippen LogP contribution in [-0.4, -0.2) is 35.2 Å². The molecule has 1 aromatic carbocycles. The Morgan fingerprint density at radius 3 is 2.74 bits per heavy atom. The molecule has 1 N–H and O–H groups in total. The summed E-state index contributed by atoms with van der Waals surface area (Å²) in [5, 5.41) is 3.32. The van der Waals surface area contributed by atoms with Crippen molar-refractivity contribution in [2.24, 2.45) is 0 Å². The van der Waals surface area contributed by atoms with E-state index in [9.17, 15) is 4.79 Å². The van der Waals surface area contributed by atoms with E-state index in [1.807, 2.05) is 6.92 Å². The van der Waals surface area contributed by atoms with Gasteiger partial charge in [0.1, 0.15) is 12.1 Å². The summed E-state index contributed by atoms with van der Waals surface area (Å²) in [6, 6.07) is 8.55. The number of hydrogen-bond acceptors (Lipinski definition) is 6. The van der Waals surface area contributed by atoms with Gasteiger partial charge in [0.15, 0.2) is 5.69 Å². The standard InChI is InChI=1S/C21H27N3O3/c1-4-26-21(25)19-15(3)20(24-13-23-19)22-12-17-6-5-7-18(27-17)16-10-8-14(2)9-11-16/h8-11,13,17-18H,4-7,12H2,1-3H3,(H,22,23,24)/t17-,18+/m0/s1. The van der Waals surface area contributed by atoms with E-state index in [0.717, 1.165) is 19.3 Å². The fraction of sp³-hybridized carbons (Fsp3) is 0.476. The van der Waals surface area contributed by atoms with E-state index in [1.165, 1.54) is 17.5 Å². The molecule has 1 aliphatic heterocycles. The van der Waals surface area contributed by atoms with E-state index in [0.29, 0.717) is 30.2 Å². The molecule has 2 aromatic rings. The topological polar surface area (TPSA) is 73.3 Å². The Morgan fingerprint density at radius 2 is 2.00 bits per heavy atom. The van der Waals surface area contributed by atoms with Crippen LogP contribution < -0.4 is 5.32 Å². The van der Waals surface area contributed by atoms with E-state index >= 15 is 0 Å². The van der Waals surface area contributed by atoms with Crippen LogP contribution >= 0.6 is 0 Å². The molecule has 0 saturated carbocycles. The van der Waals surface area contributed by atoms with Crippen LogP contribution in [0.5, 0.6) is 0 Å². The minimum absolute atomic E-state index is 0.102. The molecule has 0 spiro atoms. The first-order chi connectivity index (χ1) is 13.1. The van der Waals surface area contributed by atoms with Gasteiger partial charge in [-0.1, -0.05) is 29.8 Å². The minimum Gasteiger partial charge on any atom is -0.461 e. The molecule has 0 bridgehead atoms. The van der Waals surface area contributed by atoms with Crippen LogP contribution in [0, 0.1) is 13.8 Å². The second kappa shape index (κ2) is 8.95. The van der Waals surface area contributed by atoms with Crippen LogP contribution in [0.2, 0.25) is 0 Å². The lowest BCUT2D eigenvalue weighted by Gasteiger charge is -2.31. The van der Waals surface area contributed by atoms with Crippen LogP contribution in [0.15, 0.2) is 30.6 Å². The summed E-state index contributed by atoms with van der Waals surface area (Å²) in [6.45, 7) is 6.65. The highest BCUT2D eigenvalue weighted by molar-refractivity contribution is 5.90. The Balaban J connectivity index is 1.62. The smallest absolute Gasteiger partial charge is 0.357 e. The first-order valence-corrected chi connectivity index (χ1v) is 9.53. The van der Waals surface area contributed by atoms with Crippen LogP contribution in [0.25, 0.3) is 0 Å². The van der Waals surface area contributed by atoms with E-state index in [4.69, 9.17) is 9.47 Å². The van der Waals surface area contributed by atoms with Gasteiger partial charge in [-0.2, -0.15) is 0 Å². The molecule has 3 rings (SSSR count). The number of ether oxygens (including phenoxy) is 2. The number of hydrogen-bond donors (Lipinski definition) is 1. The van der Waals surface area contributed by atoms with Crippen molar-refractivity contribution >= 4 is 11.8 Å². The molecule has 0 aliphatic carbocycles.